The third-order valence-corrected chi connectivity index (χ3v) is 3.23. The van der Waals surface area contributed by atoms with Crippen LogP contribution in [0.3, 0.4) is 0 Å². The molecule has 0 radical (unpaired) electrons. The third-order valence-electron chi connectivity index (χ3n) is 3.23. The van der Waals surface area contributed by atoms with Gasteiger partial charge in [0.1, 0.15) is 0 Å². The van der Waals surface area contributed by atoms with E-state index in [2.05, 4.69) is 45.0 Å². The fourth-order valence-electron chi connectivity index (χ4n) is 2.05. The molecular formula is C16H24IN5O. The number of nitrogens with zero attached hydrogens (tertiary/aromatic N) is 3. The highest BCUT2D eigenvalue weighted by Crippen LogP contribution is 2.08. The zero-order valence-corrected chi connectivity index (χ0v) is 15.9. The van der Waals surface area contributed by atoms with Crippen molar-refractivity contribution in [2.24, 2.45) is 4.99 Å². The molecule has 2 N–H and O–H groups in total. The summed E-state index contributed by atoms with van der Waals surface area (Å²) in [5.74, 6) is 0.796. The van der Waals surface area contributed by atoms with Gasteiger partial charge in [-0.1, -0.05) is 12.1 Å². The quantitative estimate of drug-likeness (QED) is 0.305. The van der Waals surface area contributed by atoms with Gasteiger partial charge in [-0.3, -0.25) is 4.99 Å². The van der Waals surface area contributed by atoms with Crippen LogP contribution in [0.4, 0.5) is 0 Å². The van der Waals surface area contributed by atoms with Crippen LogP contribution in [-0.4, -0.2) is 49.6 Å². The molecule has 0 amide bonds. The fourth-order valence-corrected chi connectivity index (χ4v) is 2.05. The van der Waals surface area contributed by atoms with Crippen LogP contribution >= 0.6 is 24.0 Å². The van der Waals surface area contributed by atoms with E-state index in [1.165, 1.54) is 5.56 Å². The molecule has 7 heteroatoms. The van der Waals surface area contributed by atoms with Crippen molar-refractivity contribution in [1.82, 2.24) is 20.4 Å². The Balaban J connectivity index is 0.00000264. The summed E-state index contributed by atoms with van der Waals surface area (Å²) >= 11 is 0. The van der Waals surface area contributed by atoms with Crippen molar-refractivity contribution in [1.29, 1.82) is 0 Å². The van der Waals surface area contributed by atoms with E-state index in [0.717, 1.165) is 31.2 Å². The molecule has 0 aliphatic carbocycles. The van der Waals surface area contributed by atoms with Crippen LogP contribution in [0.1, 0.15) is 5.56 Å². The van der Waals surface area contributed by atoms with Crippen LogP contribution in [0.25, 0.3) is 5.69 Å². The Hall–Kier alpha value is -1.61. The average Bonchev–Trinajstić information content (AvgIpc) is 3.08. The summed E-state index contributed by atoms with van der Waals surface area (Å²) in [6, 6.07) is 10.3. The van der Waals surface area contributed by atoms with E-state index in [1.54, 1.807) is 20.4 Å². The van der Waals surface area contributed by atoms with Crippen molar-refractivity contribution in [3.05, 3.63) is 48.3 Å². The van der Waals surface area contributed by atoms with E-state index < -0.39 is 0 Å². The van der Waals surface area contributed by atoms with Gasteiger partial charge in [-0.2, -0.15) is 5.10 Å². The molecule has 0 spiro atoms. The zero-order chi connectivity index (χ0) is 15.6. The van der Waals surface area contributed by atoms with E-state index in [-0.39, 0.29) is 24.0 Å². The normalized spacial score (nSPS) is 11.0. The number of aromatic nitrogens is 2. The predicted octanol–water partition coefficient (Wildman–Crippen LogP) is 1.84. The van der Waals surface area contributed by atoms with Gasteiger partial charge in [0, 0.05) is 39.6 Å². The summed E-state index contributed by atoms with van der Waals surface area (Å²) in [6.45, 7) is 2.23. The van der Waals surface area contributed by atoms with E-state index in [4.69, 9.17) is 4.74 Å². The minimum Gasteiger partial charge on any atom is -0.383 e. The van der Waals surface area contributed by atoms with Crippen LogP contribution in [0.2, 0.25) is 0 Å². The maximum atomic E-state index is 5.00. The molecule has 0 saturated heterocycles. The average molecular weight is 429 g/mol. The molecule has 1 heterocycles. The lowest BCUT2D eigenvalue weighted by Gasteiger charge is -2.11. The van der Waals surface area contributed by atoms with Gasteiger partial charge in [-0.05, 0) is 30.2 Å². The monoisotopic (exact) mass is 429 g/mol. The van der Waals surface area contributed by atoms with Gasteiger partial charge >= 0.3 is 0 Å². The van der Waals surface area contributed by atoms with Crippen molar-refractivity contribution in [3.8, 4) is 5.69 Å². The number of rotatable bonds is 7. The molecule has 23 heavy (non-hydrogen) atoms. The summed E-state index contributed by atoms with van der Waals surface area (Å²) in [5, 5.41) is 10.7. The van der Waals surface area contributed by atoms with Crippen LogP contribution in [0.5, 0.6) is 0 Å². The first-order valence-electron chi connectivity index (χ1n) is 7.36. The van der Waals surface area contributed by atoms with Gasteiger partial charge in [-0.25, -0.2) is 4.68 Å². The summed E-state index contributed by atoms with van der Waals surface area (Å²) in [4.78, 5) is 4.17. The van der Waals surface area contributed by atoms with Crippen LogP contribution in [0, 0.1) is 0 Å². The van der Waals surface area contributed by atoms with Crippen molar-refractivity contribution < 1.29 is 4.74 Å². The highest BCUT2D eigenvalue weighted by Gasteiger charge is 1.99. The molecule has 6 nitrogen and oxygen atoms in total. The first kappa shape index (κ1) is 19.4. The predicted molar refractivity (Wildman–Crippen MR) is 104 cm³/mol. The standard InChI is InChI=1S/C16H23N5O.HI/c1-17-16(19-11-13-22-2)18-10-8-14-4-6-15(7-5-14)21-12-3-9-20-21;/h3-7,9,12H,8,10-11,13H2,1-2H3,(H2,17,18,19);1H. The number of guanidine groups is 1. The molecule has 0 unspecified atom stereocenters. The van der Waals surface area contributed by atoms with Gasteiger partial charge in [-0.15, -0.1) is 24.0 Å². The molecule has 0 atom stereocenters. The number of methoxy groups -OCH3 is 1. The maximum Gasteiger partial charge on any atom is 0.191 e. The van der Waals surface area contributed by atoms with Crippen molar-refractivity contribution in [2.75, 3.05) is 33.9 Å². The Bertz CT molecular complexity index is 569. The molecule has 1 aromatic heterocycles. The number of ether oxygens (including phenoxy) is 1. The molecular weight excluding hydrogens is 405 g/mol. The molecule has 2 aromatic rings. The van der Waals surface area contributed by atoms with Gasteiger partial charge in [0.05, 0.1) is 12.3 Å². The molecule has 1 aromatic carbocycles. The lowest BCUT2D eigenvalue weighted by molar-refractivity contribution is 0.203. The number of nitrogens with one attached hydrogen (secondary N) is 2. The first-order valence-corrected chi connectivity index (χ1v) is 7.36. The number of hydrogen-bond acceptors (Lipinski definition) is 3. The van der Waals surface area contributed by atoms with E-state index >= 15 is 0 Å². The largest absolute Gasteiger partial charge is 0.383 e. The van der Waals surface area contributed by atoms with Crippen LogP contribution in [0.15, 0.2) is 47.7 Å². The van der Waals surface area contributed by atoms with E-state index in [9.17, 15) is 0 Å². The topological polar surface area (TPSA) is 63.5 Å². The minimum absolute atomic E-state index is 0. The van der Waals surface area contributed by atoms with Gasteiger partial charge in [0.2, 0.25) is 0 Å². The fraction of sp³-hybridized carbons (Fsp3) is 0.375. The molecule has 0 bridgehead atoms. The summed E-state index contributed by atoms with van der Waals surface area (Å²) in [6.07, 6.45) is 4.65. The first-order chi connectivity index (χ1) is 10.8. The Morgan fingerprint density at radius 2 is 1.96 bits per heavy atom. The second-order valence-electron chi connectivity index (χ2n) is 4.79. The molecule has 0 aliphatic heterocycles. The minimum atomic E-state index is 0. The second kappa shape index (κ2) is 11.0. The number of hydrogen-bond donors (Lipinski definition) is 2. The Morgan fingerprint density at radius 3 is 2.57 bits per heavy atom. The Kier molecular flexibility index (Phi) is 9.30. The SMILES string of the molecule is CN=C(NCCOC)NCCc1ccc(-n2cccn2)cc1.I. The van der Waals surface area contributed by atoms with Crippen LogP contribution in [-0.2, 0) is 11.2 Å². The van der Waals surface area contributed by atoms with Crippen molar-refractivity contribution in [3.63, 3.8) is 0 Å². The summed E-state index contributed by atoms with van der Waals surface area (Å²) < 4.78 is 6.85. The molecule has 0 aliphatic rings. The van der Waals surface area contributed by atoms with Gasteiger partial charge in [0.15, 0.2) is 5.96 Å². The smallest absolute Gasteiger partial charge is 0.191 e. The maximum absolute atomic E-state index is 5.00. The third kappa shape index (κ3) is 6.57. The highest BCUT2D eigenvalue weighted by atomic mass is 127. The number of aliphatic imine (C=N–C) groups is 1. The number of halogens is 1. The highest BCUT2D eigenvalue weighted by molar-refractivity contribution is 14.0. The lowest BCUT2D eigenvalue weighted by Crippen LogP contribution is -2.39. The molecule has 0 fully saturated rings. The Labute approximate surface area is 154 Å². The van der Waals surface area contributed by atoms with Gasteiger partial charge < -0.3 is 15.4 Å². The summed E-state index contributed by atoms with van der Waals surface area (Å²) in [7, 11) is 3.45. The molecule has 0 saturated carbocycles. The van der Waals surface area contributed by atoms with Gasteiger partial charge in [0.25, 0.3) is 0 Å². The van der Waals surface area contributed by atoms with Crippen molar-refractivity contribution >= 4 is 29.9 Å². The molecule has 2 rings (SSSR count). The lowest BCUT2D eigenvalue weighted by atomic mass is 10.1. The Morgan fingerprint density at radius 1 is 1.22 bits per heavy atom. The van der Waals surface area contributed by atoms with Crippen LogP contribution < -0.4 is 10.6 Å². The summed E-state index contributed by atoms with van der Waals surface area (Å²) in [5.41, 5.74) is 2.34. The number of benzene rings is 1. The second-order valence-corrected chi connectivity index (χ2v) is 4.79. The van der Waals surface area contributed by atoms with E-state index in [0.29, 0.717) is 6.61 Å². The van der Waals surface area contributed by atoms with Crippen molar-refractivity contribution in [2.45, 2.75) is 6.42 Å². The zero-order valence-electron chi connectivity index (χ0n) is 13.5. The van der Waals surface area contributed by atoms with E-state index in [1.807, 2.05) is 16.9 Å². The molecule has 126 valence electrons.